The van der Waals surface area contributed by atoms with Crippen LogP contribution in [0, 0.1) is 10.1 Å². The Balaban J connectivity index is 1.81. The van der Waals surface area contributed by atoms with Crippen molar-refractivity contribution >= 4 is 23.6 Å². The van der Waals surface area contributed by atoms with Crippen LogP contribution in [-0.2, 0) is 19.1 Å². The smallest absolute Gasteiger partial charge is 0.331 e. The van der Waals surface area contributed by atoms with Crippen LogP contribution in [0.1, 0.15) is 19.4 Å². The summed E-state index contributed by atoms with van der Waals surface area (Å²) in [5.74, 6) is -0.917. The van der Waals surface area contributed by atoms with Crippen molar-refractivity contribution in [1.82, 2.24) is 4.90 Å². The van der Waals surface area contributed by atoms with Crippen LogP contribution in [0.4, 0.5) is 5.69 Å². The Labute approximate surface area is 145 Å². The summed E-state index contributed by atoms with van der Waals surface area (Å²) < 4.78 is 10.5. The molecule has 1 aromatic carbocycles. The van der Waals surface area contributed by atoms with E-state index in [-0.39, 0.29) is 30.4 Å². The second-order valence-corrected chi connectivity index (χ2v) is 5.85. The average molecular weight is 348 g/mol. The summed E-state index contributed by atoms with van der Waals surface area (Å²) in [6.07, 6.45) is 2.55. The summed E-state index contributed by atoms with van der Waals surface area (Å²) in [6, 6.07) is 5.72. The highest BCUT2D eigenvalue weighted by Gasteiger charge is 2.26. The highest BCUT2D eigenvalue weighted by molar-refractivity contribution is 5.89. The van der Waals surface area contributed by atoms with Gasteiger partial charge < -0.3 is 14.4 Å². The molecule has 0 N–H and O–H groups in total. The van der Waals surface area contributed by atoms with E-state index in [1.807, 2.05) is 13.8 Å². The van der Waals surface area contributed by atoms with Crippen LogP contribution in [-0.4, -0.2) is 53.6 Å². The van der Waals surface area contributed by atoms with E-state index in [0.717, 1.165) is 0 Å². The molecular weight excluding hydrogens is 328 g/mol. The second-order valence-electron chi connectivity index (χ2n) is 5.85. The summed E-state index contributed by atoms with van der Waals surface area (Å²) >= 11 is 0. The number of nitro benzene ring substituents is 1. The van der Waals surface area contributed by atoms with E-state index in [2.05, 4.69) is 0 Å². The number of hydrogen-bond donors (Lipinski definition) is 0. The average Bonchev–Trinajstić information content (AvgIpc) is 2.57. The molecule has 25 heavy (non-hydrogen) atoms. The highest BCUT2D eigenvalue weighted by atomic mass is 16.6. The molecule has 1 aliphatic heterocycles. The molecule has 1 saturated heterocycles. The number of amides is 1. The quantitative estimate of drug-likeness (QED) is 0.348. The lowest BCUT2D eigenvalue weighted by Crippen LogP contribution is -2.49. The fraction of sp³-hybridized carbons (Fsp3) is 0.412. The Hall–Kier alpha value is -2.74. The fourth-order valence-electron chi connectivity index (χ4n) is 2.53. The van der Waals surface area contributed by atoms with Gasteiger partial charge in [-0.1, -0.05) is 0 Å². The van der Waals surface area contributed by atoms with Crippen LogP contribution >= 0.6 is 0 Å². The van der Waals surface area contributed by atoms with Crippen LogP contribution < -0.4 is 0 Å². The summed E-state index contributed by atoms with van der Waals surface area (Å²) in [6.45, 7) is 4.38. The molecule has 1 heterocycles. The van der Waals surface area contributed by atoms with Gasteiger partial charge in [0.05, 0.1) is 17.1 Å². The first kappa shape index (κ1) is 18.6. The molecule has 0 saturated carbocycles. The van der Waals surface area contributed by atoms with Gasteiger partial charge in [-0.25, -0.2) is 4.79 Å². The summed E-state index contributed by atoms with van der Waals surface area (Å²) in [5, 5.41) is 10.6. The zero-order valence-corrected chi connectivity index (χ0v) is 14.1. The van der Waals surface area contributed by atoms with Gasteiger partial charge in [0.1, 0.15) is 0 Å². The van der Waals surface area contributed by atoms with Gasteiger partial charge in [-0.15, -0.1) is 0 Å². The van der Waals surface area contributed by atoms with Crippen molar-refractivity contribution in [2.24, 2.45) is 0 Å². The number of ether oxygens (including phenoxy) is 2. The van der Waals surface area contributed by atoms with Crippen molar-refractivity contribution in [2.45, 2.75) is 26.1 Å². The third-order valence-corrected chi connectivity index (χ3v) is 3.63. The Kier molecular flexibility index (Phi) is 6.24. The van der Waals surface area contributed by atoms with Gasteiger partial charge in [-0.3, -0.25) is 14.9 Å². The summed E-state index contributed by atoms with van der Waals surface area (Å²) in [4.78, 5) is 35.5. The number of nitrogens with zero attached hydrogens (tertiary/aromatic N) is 2. The van der Waals surface area contributed by atoms with Crippen LogP contribution in [0.3, 0.4) is 0 Å². The van der Waals surface area contributed by atoms with Gasteiger partial charge in [0.25, 0.3) is 11.6 Å². The molecule has 0 aromatic heterocycles. The van der Waals surface area contributed by atoms with E-state index in [9.17, 15) is 19.7 Å². The fourth-order valence-corrected chi connectivity index (χ4v) is 2.53. The maximum absolute atomic E-state index is 12.1. The number of hydrogen-bond acceptors (Lipinski definition) is 6. The van der Waals surface area contributed by atoms with Crippen LogP contribution in [0.2, 0.25) is 0 Å². The van der Waals surface area contributed by atoms with Crippen LogP contribution in [0.25, 0.3) is 6.08 Å². The monoisotopic (exact) mass is 348 g/mol. The molecule has 1 fully saturated rings. The predicted molar refractivity (Wildman–Crippen MR) is 89.7 cm³/mol. The molecule has 0 aliphatic carbocycles. The molecule has 0 bridgehead atoms. The molecule has 1 aromatic rings. The van der Waals surface area contributed by atoms with Gasteiger partial charge in [0.2, 0.25) is 0 Å². The summed E-state index contributed by atoms with van der Waals surface area (Å²) in [7, 11) is 0. The molecule has 2 atom stereocenters. The Morgan fingerprint density at radius 3 is 2.44 bits per heavy atom. The molecular formula is C17H20N2O6. The SMILES string of the molecule is C[C@@H]1CN(C(=O)COC(=O)/C=C/c2ccc([N+](=O)[O-])cc2)C[C@@H](C)O1. The number of carbonyl (C=O) groups excluding carboxylic acids is 2. The first-order chi connectivity index (χ1) is 11.8. The van der Waals surface area contributed by atoms with E-state index >= 15 is 0 Å². The maximum atomic E-state index is 12.1. The predicted octanol–water partition coefficient (Wildman–Crippen LogP) is 1.79. The summed E-state index contributed by atoms with van der Waals surface area (Å²) in [5.41, 5.74) is 0.587. The molecule has 1 aliphatic rings. The van der Waals surface area contributed by atoms with Gasteiger partial charge in [0, 0.05) is 31.3 Å². The maximum Gasteiger partial charge on any atom is 0.331 e. The number of carbonyl (C=O) groups is 2. The topological polar surface area (TPSA) is 99.0 Å². The first-order valence-corrected chi connectivity index (χ1v) is 7.87. The second kappa shape index (κ2) is 8.39. The zero-order valence-electron chi connectivity index (χ0n) is 14.1. The molecule has 0 radical (unpaired) electrons. The highest BCUT2D eigenvalue weighted by Crippen LogP contribution is 2.13. The van der Waals surface area contributed by atoms with Crippen LogP contribution in [0.5, 0.6) is 0 Å². The largest absolute Gasteiger partial charge is 0.452 e. The third kappa shape index (κ3) is 5.68. The van der Waals surface area contributed by atoms with Crippen molar-refractivity contribution in [3.8, 4) is 0 Å². The lowest BCUT2D eigenvalue weighted by atomic mass is 10.2. The first-order valence-electron chi connectivity index (χ1n) is 7.87. The van der Waals surface area contributed by atoms with Gasteiger partial charge in [-0.05, 0) is 37.6 Å². The number of rotatable bonds is 5. The number of benzene rings is 1. The zero-order chi connectivity index (χ0) is 18.4. The normalized spacial score (nSPS) is 20.5. The van der Waals surface area contributed by atoms with Crippen LogP contribution in [0.15, 0.2) is 30.3 Å². The van der Waals surface area contributed by atoms with Crippen molar-refractivity contribution < 1.29 is 24.0 Å². The van der Waals surface area contributed by atoms with Crippen molar-refractivity contribution in [1.29, 1.82) is 0 Å². The standard InChI is InChI=1S/C17H20N2O6/c1-12-9-18(10-13(2)25-12)16(20)11-24-17(21)8-5-14-3-6-15(7-4-14)19(22)23/h3-8,12-13H,9-11H2,1-2H3/b8-5+/t12-,13-/m1/s1. The van der Waals surface area contributed by atoms with Gasteiger partial charge >= 0.3 is 5.97 Å². The lowest BCUT2D eigenvalue weighted by Gasteiger charge is -2.35. The van der Waals surface area contributed by atoms with E-state index < -0.39 is 10.9 Å². The third-order valence-electron chi connectivity index (χ3n) is 3.63. The van der Waals surface area contributed by atoms with Crippen molar-refractivity contribution in [3.05, 3.63) is 46.0 Å². The van der Waals surface area contributed by atoms with E-state index in [4.69, 9.17) is 9.47 Å². The lowest BCUT2D eigenvalue weighted by molar-refractivity contribution is -0.384. The Bertz CT molecular complexity index is 660. The molecule has 0 unspecified atom stereocenters. The molecule has 134 valence electrons. The molecule has 8 nitrogen and oxygen atoms in total. The number of esters is 1. The van der Waals surface area contributed by atoms with E-state index in [1.165, 1.54) is 36.4 Å². The molecule has 2 rings (SSSR count). The number of non-ortho nitro benzene ring substituents is 1. The Morgan fingerprint density at radius 1 is 1.28 bits per heavy atom. The molecule has 8 heteroatoms. The van der Waals surface area contributed by atoms with Crippen molar-refractivity contribution in [3.63, 3.8) is 0 Å². The van der Waals surface area contributed by atoms with E-state index in [0.29, 0.717) is 18.7 Å². The van der Waals surface area contributed by atoms with Gasteiger partial charge in [0.15, 0.2) is 6.61 Å². The van der Waals surface area contributed by atoms with E-state index in [1.54, 1.807) is 4.90 Å². The minimum absolute atomic E-state index is 0.0284. The number of morpholine rings is 1. The van der Waals surface area contributed by atoms with Crippen molar-refractivity contribution in [2.75, 3.05) is 19.7 Å². The number of nitro groups is 1. The van der Waals surface area contributed by atoms with Gasteiger partial charge in [-0.2, -0.15) is 0 Å². The minimum Gasteiger partial charge on any atom is -0.452 e. The molecule has 1 amide bonds. The molecule has 0 spiro atoms. The minimum atomic E-state index is -0.652. The Morgan fingerprint density at radius 2 is 1.88 bits per heavy atom.